The van der Waals surface area contributed by atoms with Crippen LogP contribution in [0.15, 0.2) is 48.7 Å². The summed E-state index contributed by atoms with van der Waals surface area (Å²) >= 11 is 5.77. The molecule has 5 nitrogen and oxygen atoms in total. The van der Waals surface area contributed by atoms with Crippen molar-refractivity contribution < 1.29 is 9.18 Å². The number of aromatic amines is 1. The zero-order valence-corrected chi connectivity index (χ0v) is 16.6. The molecule has 0 aliphatic carbocycles. The van der Waals surface area contributed by atoms with Crippen LogP contribution >= 0.6 is 11.6 Å². The van der Waals surface area contributed by atoms with Crippen LogP contribution < -0.4 is 5.32 Å². The third-order valence-electron chi connectivity index (χ3n) is 4.75. The molecule has 2 aromatic heterocycles. The maximum Gasteiger partial charge on any atom is 0.251 e. The van der Waals surface area contributed by atoms with Gasteiger partial charge in [-0.25, -0.2) is 4.39 Å². The number of pyridine rings is 1. The molecular formula is C22H18ClFN4O. The molecule has 146 valence electrons. The van der Waals surface area contributed by atoms with Crippen LogP contribution in [0.3, 0.4) is 0 Å². The van der Waals surface area contributed by atoms with Crippen LogP contribution in [0.2, 0.25) is 5.02 Å². The van der Waals surface area contributed by atoms with Crippen LogP contribution in [0.1, 0.15) is 22.8 Å². The second-order valence-corrected chi connectivity index (χ2v) is 7.11. The molecule has 1 amide bonds. The molecule has 2 heterocycles. The van der Waals surface area contributed by atoms with Gasteiger partial charge in [-0.3, -0.25) is 14.9 Å². The summed E-state index contributed by atoms with van der Waals surface area (Å²) < 4.78 is 13.8. The van der Waals surface area contributed by atoms with Crippen molar-refractivity contribution in [3.8, 4) is 22.5 Å². The van der Waals surface area contributed by atoms with Gasteiger partial charge in [0.15, 0.2) is 0 Å². The molecule has 0 aliphatic rings. The first kappa shape index (κ1) is 19.1. The number of aryl methyl sites for hydroxylation is 1. The third-order valence-corrected chi connectivity index (χ3v) is 5.06. The predicted octanol–water partition coefficient (Wildman–Crippen LogP) is 5.14. The Morgan fingerprint density at radius 1 is 1.21 bits per heavy atom. The molecule has 7 heteroatoms. The van der Waals surface area contributed by atoms with Gasteiger partial charge in [0, 0.05) is 34.8 Å². The molecule has 4 rings (SSSR count). The maximum atomic E-state index is 13.8. The summed E-state index contributed by atoms with van der Waals surface area (Å²) in [7, 11) is 0. The van der Waals surface area contributed by atoms with E-state index in [1.807, 2.05) is 32.0 Å². The van der Waals surface area contributed by atoms with Gasteiger partial charge in [0.1, 0.15) is 11.5 Å². The summed E-state index contributed by atoms with van der Waals surface area (Å²) in [5.41, 5.74) is 5.15. The molecule has 0 saturated heterocycles. The minimum Gasteiger partial charge on any atom is -0.352 e. The van der Waals surface area contributed by atoms with E-state index in [0.29, 0.717) is 23.4 Å². The number of amides is 1. The number of hydrogen-bond donors (Lipinski definition) is 2. The summed E-state index contributed by atoms with van der Waals surface area (Å²) in [6.07, 6.45) is 1.70. The van der Waals surface area contributed by atoms with E-state index in [2.05, 4.69) is 20.5 Å². The van der Waals surface area contributed by atoms with Crippen LogP contribution in [-0.2, 0) is 0 Å². The fraction of sp³-hybridized carbons (Fsp3) is 0.136. The number of nitrogens with one attached hydrogen (secondary N) is 2. The van der Waals surface area contributed by atoms with E-state index < -0.39 is 5.82 Å². The van der Waals surface area contributed by atoms with E-state index in [-0.39, 0.29) is 10.9 Å². The number of halogens is 2. The van der Waals surface area contributed by atoms with Gasteiger partial charge in [-0.2, -0.15) is 5.10 Å². The van der Waals surface area contributed by atoms with E-state index in [9.17, 15) is 9.18 Å². The Bertz CT molecular complexity index is 1230. The Hall–Kier alpha value is -3.25. The second-order valence-electron chi connectivity index (χ2n) is 6.71. The van der Waals surface area contributed by atoms with E-state index in [0.717, 1.165) is 27.7 Å². The van der Waals surface area contributed by atoms with Crippen molar-refractivity contribution in [3.63, 3.8) is 0 Å². The van der Waals surface area contributed by atoms with Gasteiger partial charge in [-0.15, -0.1) is 0 Å². The van der Waals surface area contributed by atoms with Gasteiger partial charge in [0.25, 0.3) is 5.91 Å². The predicted molar refractivity (Wildman–Crippen MR) is 112 cm³/mol. The fourth-order valence-electron chi connectivity index (χ4n) is 3.23. The minimum atomic E-state index is -0.498. The molecule has 0 spiro atoms. The van der Waals surface area contributed by atoms with E-state index in [4.69, 9.17) is 11.6 Å². The molecule has 2 N–H and O–H groups in total. The van der Waals surface area contributed by atoms with E-state index in [1.54, 1.807) is 18.3 Å². The monoisotopic (exact) mass is 408 g/mol. The van der Waals surface area contributed by atoms with E-state index in [1.165, 1.54) is 12.1 Å². The number of nitrogens with zero attached hydrogens (tertiary/aromatic N) is 2. The van der Waals surface area contributed by atoms with E-state index >= 15 is 0 Å². The van der Waals surface area contributed by atoms with Crippen molar-refractivity contribution in [1.82, 2.24) is 20.5 Å². The molecular weight excluding hydrogens is 391 g/mol. The van der Waals surface area contributed by atoms with Crippen LogP contribution in [0.25, 0.3) is 33.4 Å². The normalized spacial score (nSPS) is 11.0. The Morgan fingerprint density at radius 2 is 2.03 bits per heavy atom. The molecule has 0 saturated carbocycles. The smallest absolute Gasteiger partial charge is 0.251 e. The average Bonchev–Trinajstić information content (AvgIpc) is 3.14. The Morgan fingerprint density at radius 3 is 2.79 bits per heavy atom. The van der Waals surface area contributed by atoms with Crippen LogP contribution in [-0.4, -0.2) is 27.6 Å². The van der Waals surface area contributed by atoms with Crippen molar-refractivity contribution in [2.24, 2.45) is 0 Å². The number of carbonyl (C=O) groups is 1. The van der Waals surface area contributed by atoms with Crippen LogP contribution in [0, 0.1) is 12.7 Å². The van der Waals surface area contributed by atoms with Crippen LogP contribution in [0.5, 0.6) is 0 Å². The lowest BCUT2D eigenvalue weighted by atomic mass is 10.0. The Labute approximate surface area is 171 Å². The summed E-state index contributed by atoms with van der Waals surface area (Å²) in [6, 6.07) is 12.0. The maximum absolute atomic E-state index is 13.8. The summed E-state index contributed by atoms with van der Waals surface area (Å²) in [5.74, 6) is -0.619. The first-order chi connectivity index (χ1) is 14.0. The van der Waals surface area contributed by atoms with Gasteiger partial charge < -0.3 is 5.32 Å². The van der Waals surface area contributed by atoms with Gasteiger partial charge >= 0.3 is 0 Å². The molecule has 0 unspecified atom stereocenters. The molecule has 0 radical (unpaired) electrons. The largest absolute Gasteiger partial charge is 0.352 e. The SMILES string of the molecule is CCNC(=O)c1ccc(C)c(-c2cc3[nH]nc(-c4ccc(Cl)c(F)c4)c3cn2)c1. The van der Waals surface area contributed by atoms with Gasteiger partial charge in [0.2, 0.25) is 0 Å². The molecule has 0 fully saturated rings. The summed E-state index contributed by atoms with van der Waals surface area (Å²) in [5, 5.41) is 10.9. The number of benzene rings is 2. The second kappa shape index (κ2) is 7.64. The Balaban J connectivity index is 1.77. The topological polar surface area (TPSA) is 70.7 Å². The first-order valence-corrected chi connectivity index (χ1v) is 9.54. The molecule has 29 heavy (non-hydrogen) atoms. The lowest BCUT2D eigenvalue weighted by molar-refractivity contribution is 0.0956. The highest BCUT2D eigenvalue weighted by Crippen LogP contribution is 2.31. The summed E-state index contributed by atoms with van der Waals surface area (Å²) in [4.78, 5) is 16.7. The lowest BCUT2D eigenvalue weighted by Crippen LogP contribution is -2.22. The highest BCUT2D eigenvalue weighted by atomic mass is 35.5. The average molecular weight is 409 g/mol. The van der Waals surface area contributed by atoms with Gasteiger partial charge in [-0.1, -0.05) is 23.7 Å². The fourth-order valence-corrected chi connectivity index (χ4v) is 3.34. The van der Waals surface area contributed by atoms with Crippen molar-refractivity contribution >= 4 is 28.4 Å². The first-order valence-electron chi connectivity index (χ1n) is 9.16. The highest BCUT2D eigenvalue weighted by molar-refractivity contribution is 6.30. The Kier molecular flexibility index (Phi) is 5.03. The lowest BCUT2D eigenvalue weighted by Gasteiger charge is -2.09. The van der Waals surface area contributed by atoms with Gasteiger partial charge in [-0.05, 0) is 49.7 Å². The number of aromatic nitrogens is 3. The quantitative estimate of drug-likeness (QED) is 0.491. The zero-order valence-electron chi connectivity index (χ0n) is 15.9. The molecule has 0 aliphatic heterocycles. The third kappa shape index (κ3) is 3.59. The minimum absolute atomic E-state index is 0.0662. The van der Waals surface area contributed by atoms with Crippen LogP contribution in [0.4, 0.5) is 4.39 Å². The van der Waals surface area contributed by atoms with Crippen molar-refractivity contribution in [2.75, 3.05) is 6.54 Å². The van der Waals surface area contributed by atoms with Crippen molar-refractivity contribution in [3.05, 3.63) is 70.6 Å². The molecule has 2 aromatic carbocycles. The number of carbonyl (C=O) groups excluding carboxylic acids is 1. The number of hydrogen-bond acceptors (Lipinski definition) is 3. The molecule has 0 atom stereocenters. The standard InChI is InChI=1S/C22H18ClFN4O/c1-3-25-22(29)14-5-4-12(2)15(8-14)19-10-20-16(11-26-19)21(28-27-20)13-6-7-17(23)18(24)9-13/h4-11H,3H2,1-2H3,(H,25,29)(H,27,28). The molecule has 4 aromatic rings. The number of H-pyrrole nitrogens is 1. The highest BCUT2D eigenvalue weighted by Gasteiger charge is 2.14. The molecule has 0 bridgehead atoms. The number of fused-ring (bicyclic) bond motifs is 1. The van der Waals surface area contributed by atoms with Crippen molar-refractivity contribution in [1.29, 1.82) is 0 Å². The van der Waals surface area contributed by atoms with Gasteiger partial charge in [0.05, 0.1) is 16.2 Å². The number of rotatable bonds is 4. The zero-order chi connectivity index (χ0) is 20.5. The summed E-state index contributed by atoms with van der Waals surface area (Å²) in [6.45, 7) is 4.41. The van der Waals surface area contributed by atoms with Crippen molar-refractivity contribution in [2.45, 2.75) is 13.8 Å².